The number of hydrogen-bond donors (Lipinski definition) is 1. The zero-order chi connectivity index (χ0) is 15.7. The first-order chi connectivity index (χ1) is 10.1. The van der Waals surface area contributed by atoms with Gasteiger partial charge < -0.3 is 5.32 Å². The van der Waals surface area contributed by atoms with Gasteiger partial charge >= 0.3 is 0 Å². The summed E-state index contributed by atoms with van der Waals surface area (Å²) in [5, 5.41) is 3.82. The highest BCUT2D eigenvalue weighted by molar-refractivity contribution is 6.31. The minimum atomic E-state index is -0.320. The van der Waals surface area contributed by atoms with Crippen LogP contribution in [0.25, 0.3) is 0 Å². The summed E-state index contributed by atoms with van der Waals surface area (Å²) in [5.41, 5.74) is 0.903. The Morgan fingerprint density at radius 1 is 1.19 bits per heavy atom. The van der Waals surface area contributed by atoms with Crippen LogP contribution in [0.5, 0.6) is 0 Å². The molecule has 0 amide bonds. The molecule has 0 aromatic heterocycles. The van der Waals surface area contributed by atoms with Crippen LogP contribution in [0.3, 0.4) is 0 Å². The lowest BCUT2D eigenvalue weighted by molar-refractivity contribution is 0.353. The van der Waals surface area contributed by atoms with Gasteiger partial charge in [-0.05, 0) is 36.9 Å². The lowest BCUT2D eigenvalue weighted by Crippen LogP contribution is -2.25. The van der Waals surface area contributed by atoms with Crippen molar-refractivity contribution < 1.29 is 4.39 Å². The molecule has 0 radical (unpaired) electrons. The van der Waals surface area contributed by atoms with E-state index in [1.165, 1.54) is 25.3 Å². The molecular weight excluding hydrogens is 285 g/mol. The number of rotatable bonds is 10. The van der Waals surface area contributed by atoms with Crippen LogP contribution in [0.1, 0.15) is 70.9 Å². The molecule has 0 fully saturated rings. The van der Waals surface area contributed by atoms with E-state index in [2.05, 4.69) is 26.1 Å². The fourth-order valence-corrected chi connectivity index (χ4v) is 3.00. The lowest BCUT2D eigenvalue weighted by atomic mass is 9.89. The highest BCUT2D eigenvalue weighted by atomic mass is 35.5. The molecule has 1 N–H and O–H groups in total. The monoisotopic (exact) mass is 313 g/mol. The van der Waals surface area contributed by atoms with Crippen molar-refractivity contribution in [3.63, 3.8) is 0 Å². The molecule has 0 aliphatic heterocycles. The molecule has 0 saturated carbocycles. The smallest absolute Gasteiger partial charge is 0.142 e. The summed E-state index contributed by atoms with van der Waals surface area (Å²) in [6.45, 7) is 7.54. The van der Waals surface area contributed by atoms with Crippen molar-refractivity contribution in [2.45, 2.75) is 65.3 Å². The van der Waals surface area contributed by atoms with Crippen LogP contribution in [0, 0.1) is 11.7 Å². The molecule has 0 aliphatic carbocycles. The van der Waals surface area contributed by atoms with Crippen molar-refractivity contribution in [1.82, 2.24) is 5.32 Å². The maximum absolute atomic E-state index is 13.7. The molecule has 2 atom stereocenters. The molecule has 2 unspecified atom stereocenters. The number of halogens is 2. The normalized spacial score (nSPS) is 14.1. The Hall–Kier alpha value is -0.600. The summed E-state index contributed by atoms with van der Waals surface area (Å²) in [6.07, 6.45) is 6.98. The summed E-state index contributed by atoms with van der Waals surface area (Å²) < 4.78 is 13.7. The fraction of sp³-hybridized carbons (Fsp3) is 0.667. The van der Waals surface area contributed by atoms with Gasteiger partial charge in [0.05, 0.1) is 5.02 Å². The Morgan fingerprint density at radius 3 is 2.57 bits per heavy atom. The van der Waals surface area contributed by atoms with Gasteiger partial charge in [-0.25, -0.2) is 4.39 Å². The van der Waals surface area contributed by atoms with E-state index in [1.807, 2.05) is 6.07 Å². The van der Waals surface area contributed by atoms with Gasteiger partial charge in [-0.15, -0.1) is 0 Å². The van der Waals surface area contributed by atoms with Crippen molar-refractivity contribution in [1.29, 1.82) is 0 Å². The summed E-state index contributed by atoms with van der Waals surface area (Å²) in [4.78, 5) is 0. The van der Waals surface area contributed by atoms with E-state index in [0.717, 1.165) is 31.4 Å². The second-order valence-corrected chi connectivity index (χ2v) is 6.18. The summed E-state index contributed by atoms with van der Waals surface area (Å²) in [6, 6.07) is 5.28. The molecule has 1 nitrogen and oxygen atoms in total. The molecule has 1 rings (SSSR count). The van der Waals surface area contributed by atoms with Crippen LogP contribution in [0.4, 0.5) is 4.39 Å². The Balaban J connectivity index is 2.85. The molecule has 0 spiro atoms. The Labute approximate surface area is 134 Å². The number of benzene rings is 1. The SMILES string of the molecule is CCCCC(CC)CC(NCCC)c1cccc(F)c1Cl. The van der Waals surface area contributed by atoms with Crippen LogP contribution in [-0.4, -0.2) is 6.54 Å². The van der Waals surface area contributed by atoms with Gasteiger partial charge in [0, 0.05) is 6.04 Å². The van der Waals surface area contributed by atoms with Crippen molar-refractivity contribution in [3.8, 4) is 0 Å². The molecule has 3 heteroatoms. The van der Waals surface area contributed by atoms with Gasteiger partial charge in [0.2, 0.25) is 0 Å². The summed E-state index contributed by atoms with van der Waals surface area (Å²) >= 11 is 6.18. The Bertz CT molecular complexity index is 408. The third kappa shape index (κ3) is 5.96. The fourth-order valence-electron chi connectivity index (χ4n) is 2.74. The lowest BCUT2D eigenvalue weighted by Gasteiger charge is -2.25. The third-order valence-electron chi connectivity index (χ3n) is 4.11. The van der Waals surface area contributed by atoms with E-state index in [9.17, 15) is 4.39 Å². The highest BCUT2D eigenvalue weighted by Gasteiger charge is 2.20. The quantitative estimate of drug-likeness (QED) is 0.548. The maximum atomic E-state index is 13.7. The average Bonchev–Trinajstić information content (AvgIpc) is 2.50. The third-order valence-corrected chi connectivity index (χ3v) is 4.51. The van der Waals surface area contributed by atoms with Crippen molar-refractivity contribution in [3.05, 3.63) is 34.6 Å². The zero-order valence-electron chi connectivity index (χ0n) is 13.6. The molecule has 0 aliphatic rings. The molecular formula is C18H29ClFN. The first kappa shape index (κ1) is 18.4. The van der Waals surface area contributed by atoms with E-state index < -0.39 is 0 Å². The second kappa shape index (κ2) is 10.2. The Morgan fingerprint density at radius 2 is 1.95 bits per heavy atom. The first-order valence-corrected chi connectivity index (χ1v) is 8.69. The minimum absolute atomic E-state index is 0.148. The van der Waals surface area contributed by atoms with Gasteiger partial charge in [-0.3, -0.25) is 0 Å². The van der Waals surface area contributed by atoms with Crippen molar-refractivity contribution >= 4 is 11.6 Å². The predicted molar refractivity (Wildman–Crippen MR) is 90.4 cm³/mol. The van der Waals surface area contributed by atoms with Gasteiger partial charge in [0.25, 0.3) is 0 Å². The second-order valence-electron chi connectivity index (χ2n) is 5.80. The van der Waals surface area contributed by atoms with Crippen molar-refractivity contribution in [2.24, 2.45) is 5.92 Å². The summed E-state index contributed by atoms with van der Waals surface area (Å²) in [7, 11) is 0. The highest BCUT2D eigenvalue weighted by Crippen LogP contribution is 2.32. The van der Waals surface area contributed by atoms with E-state index in [1.54, 1.807) is 6.07 Å². The van der Waals surface area contributed by atoms with Gasteiger partial charge in [0.1, 0.15) is 5.82 Å². The molecule has 0 bridgehead atoms. The van der Waals surface area contributed by atoms with Gasteiger partial charge in [0.15, 0.2) is 0 Å². The average molecular weight is 314 g/mol. The van der Waals surface area contributed by atoms with Crippen LogP contribution in [0.2, 0.25) is 5.02 Å². The van der Waals surface area contributed by atoms with Gasteiger partial charge in [-0.2, -0.15) is 0 Å². The maximum Gasteiger partial charge on any atom is 0.142 e. The molecule has 1 aromatic carbocycles. The summed E-state index contributed by atoms with van der Waals surface area (Å²) in [5.74, 6) is 0.345. The van der Waals surface area contributed by atoms with Crippen molar-refractivity contribution in [2.75, 3.05) is 6.54 Å². The standard InChI is InChI=1S/C18H29ClFN/c1-4-7-9-14(6-3)13-17(21-12-5-2)15-10-8-11-16(20)18(15)19/h8,10-11,14,17,21H,4-7,9,12-13H2,1-3H3. The largest absolute Gasteiger partial charge is 0.310 e. The number of hydrogen-bond acceptors (Lipinski definition) is 1. The minimum Gasteiger partial charge on any atom is -0.310 e. The topological polar surface area (TPSA) is 12.0 Å². The zero-order valence-corrected chi connectivity index (χ0v) is 14.3. The van der Waals surface area contributed by atoms with Crippen LogP contribution in [0.15, 0.2) is 18.2 Å². The molecule has 0 saturated heterocycles. The molecule has 1 aromatic rings. The molecule has 0 heterocycles. The molecule has 21 heavy (non-hydrogen) atoms. The van der Waals surface area contributed by atoms with Crippen LogP contribution < -0.4 is 5.32 Å². The molecule has 120 valence electrons. The Kier molecular flexibility index (Phi) is 8.94. The van der Waals surface area contributed by atoms with E-state index in [4.69, 9.17) is 11.6 Å². The van der Waals surface area contributed by atoms with Crippen LogP contribution in [-0.2, 0) is 0 Å². The van der Waals surface area contributed by atoms with E-state index >= 15 is 0 Å². The van der Waals surface area contributed by atoms with E-state index in [-0.39, 0.29) is 16.9 Å². The number of unbranched alkanes of at least 4 members (excludes halogenated alkanes) is 1. The van der Waals surface area contributed by atoms with E-state index in [0.29, 0.717) is 5.92 Å². The number of nitrogens with one attached hydrogen (secondary N) is 1. The predicted octanol–water partition coefficient (Wildman–Crippen LogP) is 6.13. The van der Waals surface area contributed by atoms with Crippen LogP contribution >= 0.6 is 11.6 Å². The first-order valence-electron chi connectivity index (χ1n) is 8.31. The van der Waals surface area contributed by atoms with Gasteiger partial charge in [-0.1, -0.05) is 70.2 Å².